The molecule has 0 saturated heterocycles. The van der Waals surface area contributed by atoms with Gasteiger partial charge < -0.3 is 4.74 Å². The Kier molecular flexibility index (Phi) is 6.97. The predicted molar refractivity (Wildman–Crippen MR) is 152 cm³/mol. The molecule has 5 rings (SSSR count). The lowest BCUT2D eigenvalue weighted by Crippen LogP contribution is -2.66. The highest BCUT2D eigenvalue weighted by Gasteiger charge is 2.70. The topological polar surface area (TPSA) is 125 Å². The number of ether oxygens (including phenoxy) is 1. The van der Waals surface area contributed by atoms with Crippen molar-refractivity contribution in [2.24, 2.45) is 50.7 Å². The van der Waals surface area contributed by atoms with Crippen molar-refractivity contribution < 1.29 is 23.9 Å². The van der Waals surface area contributed by atoms with Crippen LogP contribution in [0.15, 0.2) is 23.3 Å². The molecule has 2 N–H and O–H groups in total. The van der Waals surface area contributed by atoms with Gasteiger partial charge in [0.1, 0.15) is 12.7 Å². The van der Waals surface area contributed by atoms with Gasteiger partial charge >= 0.3 is 0 Å². The third-order valence-electron chi connectivity index (χ3n) is 12.6. The molecule has 8 atom stereocenters. The zero-order valence-electron chi connectivity index (χ0n) is 25.6. The number of nitrogens with zero attached hydrogens (tertiary/aromatic N) is 1. The van der Waals surface area contributed by atoms with Gasteiger partial charge in [-0.05, 0) is 79.1 Å². The first-order valence-corrected chi connectivity index (χ1v) is 15.1. The molecule has 0 aromatic rings. The number of hydrazine groups is 1. The third-order valence-corrected chi connectivity index (χ3v) is 12.6. The number of rotatable bonds is 3. The number of amides is 2. The second kappa shape index (κ2) is 9.62. The molecular weight excluding hydrogens is 518 g/mol. The standard InChI is InChI=1S/C33H45N3O5/c1-19-21-8-9-31(5)24(30(21,4)15-20(17-34)27(19)39)14-23(37)26-22-16-29(2,3)10-12-33(22,13-11-32(26,31)6)28(40)36-35-25(38)18-41-7/h14-15,19,21-22,26H,8-13,16,18H2,1-7H3,(H,35,38)(H,36,40). The Morgan fingerprint density at radius 2 is 1.71 bits per heavy atom. The van der Waals surface area contributed by atoms with Gasteiger partial charge in [-0.3, -0.25) is 30.0 Å². The highest BCUT2D eigenvalue weighted by molar-refractivity contribution is 6.02. The molecular formula is C33H45N3O5. The van der Waals surface area contributed by atoms with Crippen molar-refractivity contribution in [3.05, 3.63) is 23.3 Å². The fourth-order valence-electron chi connectivity index (χ4n) is 10.1. The summed E-state index contributed by atoms with van der Waals surface area (Å²) >= 11 is 0. The lowest BCUT2D eigenvalue weighted by atomic mass is 9.35. The molecule has 2 amide bonds. The van der Waals surface area contributed by atoms with Crippen LogP contribution in [0.2, 0.25) is 0 Å². The molecule has 0 bridgehead atoms. The molecule has 8 unspecified atom stereocenters. The molecule has 222 valence electrons. The van der Waals surface area contributed by atoms with Crippen molar-refractivity contribution >= 4 is 23.4 Å². The number of Topliss-reactive ketones (excluding diaryl/α,β-unsaturated/α-hetero) is 1. The molecule has 0 aliphatic heterocycles. The van der Waals surface area contributed by atoms with Crippen LogP contribution in [0.25, 0.3) is 0 Å². The van der Waals surface area contributed by atoms with Crippen LogP contribution in [-0.4, -0.2) is 37.1 Å². The largest absolute Gasteiger partial charge is 0.375 e. The van der Waals surface area contributed by atoms with E-state index in [0.717, 1.165) is 31.3 Å². The van der Waals surface area contributed by atoms with Crippen LogP contribution in [0, 0.1) is 62.1 Å². The zero-order chi connectivity index (χ0) is 30.2. The van der Waals surface area contributed by atoms with E-state index in [0.29, 0.717) is 19.3 Å². The molecule has 41 heavy (non-hydrogen) atoms. The Balaban J connectivity index is 1.60. The lowest BCUT2D eigenvalue weighted by Gasteiger charge is -2.68. The molecule has 8 heteroatoms. The Hall–Kier alpha value is -2.79. The predicted octanol–water partition coefficient (Wildman–Crippen LogP) is 4.61. The van der Waals surface area contributed by atoms with E-state index in [4.69, 9.17) is 4.74 Å². The average molecular weight is 564 g/mol. The number of nitrogens with one attached hydrogen (secondary N) is 2. The molecule has 5 aliphatic rings. The summed E-state index contributed by atoms with van der Waals surface area (Å²) in [6.07, 6.45) is 9.03. The number of hydrogen-bond acceptors (Lipinski definition) is 6. The molecule has 0 aromatic carbocycles. The quantitative estimate of drug-likeness (QED) is 0.483. The number of hydrogen-bond donors (Lipinski definition) is 2. The average Bonchev–Trinajstić information content (AvgIpc) is 2.90. The van der Waals surface area contributed by atoms with Gasteiger partial charge in [-0.2, -0.15) is 5.26 Å². The van der Waals surface area contributed by atoms with Gasteiger partial charge in [0.05, 0.1) is 11.0 Å². The maximum absolute atomic E-state index is 14.5. The maximum Gasteiger partial charge on any atom is 0.264 e. The number of carbonyl (C=O) groups is 4. The van der Waals surface area contributed by atoms with Gasteiger partial charge in [-0.25, -0.2) is 0 Å². The van der Waals surface area contributed by atoms with E-state index in [1.165, 1.54) is 7.11 Å². The monoisotopic (exact) mass is 563 g/mol. The highest BCUT2D eigenvalue weighted by atomic mass is 16.5. The van der Waals surface area contributed by atoms with Gasteiger partial charge in [0, 0.05) is 24.4 Å². The van der Waals surface area contributed by atoms with Crippen molar-refractivity contribution in [3.63, 3.8) is 0 Å². The van der Waals surface area contributed by atoms with Gasteiger partial charge in [-0.15, -0.1) is 0 Å². The van der Waals surface area contributed by atoms with Crippen molar-refractivity contribution in [1.29, 1.82) is 5.26 Å². The minimum Gasteiger partial charge on any atom is -0.375 e. The molecule has 8 nitrogen and oxygen atoms in total. The van der Waals surface area contributed by atoms with E-state index in [9.17, 15) is 24.4 Å². The summed E-state index contributed by atoms with van der Waals surface area (Å²) < 4.78 is 4.89. The molecule has 5 aliphatic carbocycles. The first-order valence-electron chi connectivity index (χ1n) is 15.1. The zero-order valence-corrected chi connectivity index (χ0v) is 25.6. The van der Waals surface area contributed by atoms with Gasteiger partial charge in [-0.1, -0.05) is 53.2 Å². The van der Waals surface area contributed by atoms with Crippen LogP contribution in [0.3, 0.4) is 0 Å². The van der Waals surface area contributed by atoms with Crippen molar-refractivity contribution in [2.45, 2.75) is 86.5 Å². The summed E-state index contributed by atoms with van der Waals surface area (Å²) in [5.74, 6) is -1.43. The summed E-state index contributed by atoms with van der Waals surface area (Å²) in [5.41, 5.74) is 4.39. The van der Waals surface area contributed by atoms with Crippen molar-refractivity contribution in [3.8, 4) is 6.07 Å². The van der Waals surface area contributed by atoms with Gasteiger partial charge in [0.15, 0.2) is 11.6 Å². The minimum atomic E-state index is -0.752. The lowest BCUT2D eigenvalue weighted by molar-refractivity contribution is -0.178. The summed E-state index contributed by atoms with van der Waals surface area (Å²) in [5, 5.41) is 9.80. The SMILES string of the molecule is COCC(=O)NNC(=O)C12CCC(C)(C)CC1C1C(=O)C=C3C4(C)C=C(C#N)C(=O)C(C)C4CCC3(C)C1(C)CC2. The van der Waals surface area contributed by atoms with Crippen LogP contribution in [0.4, 0.5) is 0 Å². The van der Waals surface area contributed by atoms with Gasteiger partial charge in [0.25, 0.3) is 5.91 Å². The second-order valence-corrected chi connectivity index (χ2v) is 15.0. The summed E-state index contributed by atoms with van der Waals surface area (Å²) in [4.78, 5) is 53.5. The molecule has 3 saturated carbocycles. The minimum absolute atomic E-state index is 0.0234. The van der Waals surface area contributed by atoms with E-state index >= 15 is 0 Å². The second-order valence-electron chi connectivity index (χ2n) is 15.0. The first kappa shape index (κ1) is 29.7. The number of carbonyl (C=O) groups excluding carboxylic acids is 4. The fourth-order valence-corrected chi connectivity index (χ4v) is 10.1. The van der Waals surface area contributed by atoms with E-state index < -0.39 is 22.2 Å². The number of ketones is 2. The summed E-state index contributed by atoms with van der Waals surface area (Å²) in [6, 6.07) is 2.14. The molecule has 0 spiro atoms. The third kappa shape index (κ3) is 4.09. The van der Waals surface area contributed by atoms with Crippen molar-refractivity contribution in [2.75, 3.05) is 13.7 Å². The summed E-state index contributed by atoms with van der Waals surface area (Å²) in [6.45, 7) is 12.9. The van der Waals surface area contributed by atoms with Crippen LogP contribution in [0.5, 0.6) is 0 Å². The Labute approximate surface area is 243 Å². The van der Waals surface area contributed by atoms with E-state index in [2.05, 4.69) is 51.5 Å². The van der Waals surface area contributed by atoms with E-state index in [1.807, 2.05) is 19.1 Å². The highest BCUT2D eigenvalue weighted by Crippen LogP contribution is 2.73. The normalized spacial score (nSPS) is 42.7. The number of allylic oxidation sites excluding steroid dienone is 4. The maximum atomic E-state index is 14.5. The number of methoxy groups -OCH3 is 1. The Morgan fingerprint density at radius 3 is 2.37 bits per heavy atom. The van der Waals surface area contributed by atoms with Crippen LogP contribution in [0.1, 0.15) is 86.5 Å². The van der Waals surface area contributed by atoms with Crippen molar-refractivity contribution in [1.82, 2.24) is 10.9 Å². The van der Waals surface area contributed by atoms with Crippen LogP contribution >= 0.6 is 0 Å². The van der Waals surface area contributed by atoms with E-state index in [-0.39, 0.29) is 64.2 Å². The molecule has 0 radical (unpaired) electrons. The molecule has 3 fully saturated rings. The molecule has 0 aromatic heterocycles. The molecule has 0 heterocycles. The summed E-state index contributed by atoms with van der Waals surface area (Å²) in [7, 11) is 1.43. The fraction of sp³-hybridized carbons (Fsp3) is 0.727. The first-order chi connectivity index (χ1) is 19.1. The van der Waals surface area contributed by atoms with Crippen LogP contribution in [-0.2, 0) is 23.9 Å². The number of fused-ring (bicyclic) bond motifs is 7. The van der Waals surface area contributed by atoms with Crippen LogP contribution < -0.4 is 10.9 Å². The Morgan fingerprint density at radius 1 is 1.02 bits per heavy atom. The number of nitriles is 1. The van der Waals surface area contributed by atoms with Gasteiger partial charge in [0.2, 0.25) is 5.91 Å². The smallest absolute Gasteiger partial charge is 0.264 e. The Bertz CT molecular complexity index is 1310. The van der Waals surface area contributed by atoms with E-state index in [1.54, 1.807) is 0 Å².